The Bertz CT molecular complexity index is 726. The summed E-state index contributed by atoms with van der Waals surface area (Å²) in [6.45, 7) is 2.33. The fraction of sp³-hybridized carbons (Fsp3) is 0.562. The Morgan fingerprint density at radius 2 is 1.78 bits per heavy atom. The van der Waals surface area contributed by atoms with Crippen LogP contribution in [0.15, 0.2) is 35.2 Å². The normalized spacial score (nSPS) is 21.7. The molecule has 0 bridgehead atoms. The van der Waals surface area contributed by atoms with Crippen molar-refractivity contribution in [1.29, 1.82) is 0 Å². The lowest BCUT2D eigenvalue weighted by Gasteiger charge is -2.50. The van der Waals surface area contributed by atoms with Crippen LogP contribution >= 0.6 is 0 Å². The van der Waals surface area contributed by atoms with Gasteiger partial charge >= 0.3 is 12.1 Å². The lowest BCUT2D eigenvalue weighted by Crippen LogP contribution is -2.58. The van der Waals surface area contributed by atoms with Crippen LogP contribution in [0.3, 0.4) is 0 Å². The van der Waals surface area contributed by atoms with Crippen LogP contribution in [0.4, 0.5) is 13.2 Å². The van der Waals surface area contributed by atoms with Gasteiger partial charge in [-0.05, 0) is 38.1 Å². The molecule has 1 atom stereocenters. The monoisotopic (exact) mass is 410 g/mol. The summed E-state index contributed by atoms with van der Waals surface area (Å²) in [6, 6.07) is 8.43. The Balaban J connectivity index is 0.000000321. The molecule has 2 heterocycles. The molecular formula is C16H21F3N2O5S. The lowest BCUT2D eigenvalue weighted by atomic mass is 9.81. The van der Waals surface area contributed by atoms with Gasteiger partial charge in [0.2, 0.25) is 10.0 Å². The number of nitrogens with one attached hydrogen (secondary N) is 2. The van der Waals surface area contributed by atoms with E-state index in [2.05, 4.69) is 10.0 Å². The van der Waals surface area contributed by atoms with Gasteiger partial charge in [-0.1, -0.05) is 18.2 Å². The van der Waals surface area contributed by atoms with Crippen LogP contribution in [-0.2, 0) is 19.6 Å². The third-order valence-corrected chi connectivity index (χ3v) is 5.77. The molecule has 1 unspecified atom stereocenters. The first kappa shape index (κ1) is 21.6. The van der Waals surface area contributed by atoms with Crippen molar-refractivity contribution < 1.29 is 36.2 Å². The molecular weight excluding hydrogens is 389 g/mol. The van der Waals surface area contributed by atoms with Crippen molar-refractivity contribution in [2.75, 3.05) is 19.6 Å². The maximum atomic E-state index is 12.1. The first-order valence-electron chi connectivity index (χ1n) is 8.27. The zero-order valence-electron chi connectivity index (χ0n) is 14.3. The summed E-state index contributed by atoms with van der Waals surface area (Å²) in [5, 5.41) is 10.4. The predicted octanol–water partition coefficient (Wildman–Crippen LogP) is 1.51. The molecule has 11 heteroatoms. The summed E-state index contributed by atoms with van der Waals surface area (Å²) >= 11 is 0. The molecule has 0 aromatic heterocycles. The molecule has 0 saturated carbocycles. The van der Waals surface area contributed by atoms with Gasteiger partial charge < -0.3 is 15.2 Å². The average Bonchev–Trinajstić information content (AvgIpc) is 2.59. The van der Waals surface area contributed by atoms with Crippen LogP contribution in [0.1, 0.15) is 19.3 Å². The Hall–Kier alpha value is -1.69. The average molecular weight is 410 g/mol. The molecule has 2 saturated heterocycles. The molecule has 1 aromatic rings. The molecule has 3 rings (SSSR count). The van der Waals surface area contributed by atoms with Crippen LogP contribution in [0.2, 0.25) is 0 Å². The highest BCUT2D eigenvalue weighted by Gasteiger charge is 2.45. The number of halogens is 3. The number of hydrogen-bond acceptors (Lipinski definition) is 5. The van der Waals surface area contributed by atoms with Gasteiger partial charge in [0.05, 0.1) is 16.6 Å². The summed E-state index contributed by atoms with van der Waals surface area (Å²) in [5.41, 5.74) is 0.00804. The summed E-state index contributed by atoms with van der Waals surface area (Å²) in [4.78, 5) is 9.20. The SMILES string of the molecule is O=C(O)C(F)(F)F.O=S(=O)(NCC1CC2(CCNCC2)O1)c1ccccc1. The number of ether oxygens (including phenoxy) is 1. The molecule has 152 valence electrons. The van der Waals surface area contributed by atoms with Crippen molar-refractivity contribution in [1.82, 2.24) is 10.0 Å². The highest BCUT2D eigenvalue weighted by Crippen LogP contribution is 2.39. The highest BCUT2D eigenvalue weighted by atomic mass is 32.2. The molecule has 3 N–H and O–H groups in total. The number of carboxylic acids is 1. The molecule has 2 aliphatic rings. The third kappa shape index (κ3) is 6.16. The van der Waals surface area contributed by atoms with Crippen LogP contribution in [0.25, 0.3) is 0 Å². The molecule has 0 amide bonds. The zero-order valence-corrected chi connectivity index (χ0v) is 15.1. The van der Waals surface area contributed by atoms with E-state index >= 15 is 0 Å². The van der Waals surface area contributed by atoms with E-state index in [9.17, 15) is 21.6 Å². The van der Waals surface area contributed by atoms with Gasteiger partial charge in [-0.3, -0.25) is 0 Å². The molecule has 1 spiro atoms. The van der Waals surface area contributed by atoms with E-state index in [4.69, 9.17) is 14.6 Å². The first-order valence-corrected chi connectivity index (χ1v) is 9.76. The van der Waals surface area contributed by atoms with Gasteiger partial charge in [-0.15, -0.1) is 0 Å². The topological polar surface area (TPSA) is 105 Å². The van der Waals surface area contributed by atoms with Crippen molar-refractivity contribution in [3.8, 4) is 0 Å². The summed E-state index contributed by atoms with van der Waals surface area (Å²) in [5.74, 6) is -2.76. The largest absolute Gasteiger partial charge is 0.490 e. The fourth-order valence-corrected chi connectivity index (χ4v) is 4.05. The van der Waals surface area contributed by atoms with Gasteiger partial charge in [0.1, 0.15) is 0 Å². The second kappa shape index (κ2) is 8.55. The van der Waals surface area contributed by atoms with E-state index in [1.54, 1.807) is 30.3 Å². The Morgan fingerprint density at radius 1 is 1.26 bits per heavy atom. The quantitative estimate of drug-likeness (QED) is 0.695. The Morgan fingerprint density at radius 3 is 2.26 bits per heavy atom. The van der Waals surface area contributed by atoms with Crippen molar-refractivity contribution in [3.63, 3.8) is 0 Å². The predicted molar refractivity (Wildman–Crippen MR) is 89.6 cm³/mol. The van der Waals surface area contributed by atoms with Crippen molar-refractivity contribution in [2.24, 2.45) is 0 Å². The van der Waals surface area contributed by atoms with Gasteiger partial charge in [0.15, 0.2) is 0 Å². The second-order valence-corrected chi connectivity index (χ2v) is 8.11. The maximum Gasteiger partial charge on any atom is 0.490 e. The van der Waals surface area contributed by atoms with E-state index in [0.717, 1.165) is 32.4 Å². The van der Waals surface area contributed by atoms with E-state index in [0.29, 0.717) is 11.4 Å². The number of hydrogen-bond donors (Lipinski definition) is 3. The summed E-state index contributed by atoms with van der Waals surface area (Å²) < 4.78 is 64.4. The molecule has 0 aliphatic carbocycles. The van der Waals surface area contributed by atoms with Crippen molar-refractivity contribution in [2.45, 2.75) is 42.0 Å². The minimum absolute atomic E-state index is 0.00610. The smallest absolute Gasteiger partial charge is 0.475 e. The van der Waals surface area contributed by atoms with Crippen LogP contribution in [0, 0.1) is 0 Å². The first-order chi connectivity index (χ1) is 12.5. The van der Waals surface area contributed by atoms with Crippen LogP contribution < -0.4 is 10.0 Å². The van der Waals surface area contributed by atoms with Gasteiger partial charge in [0, 0.05) is 13.0 Å². The van der Waals surface area contributed by atoms with Crippen molar-refractivity contribution in [3.05, 3.63) is 30.3 Å². The van der Waals surface area contributed by atoms with E-state index in [-0.39, 0.29) is 11.7 Å². The minimum Gasteiger partial charge on any atom is -0.475 e. The van der Waals surface area contributed by atoms with Crippen molar-refractivity contribution >= 4 is 16.0 Å². The molecule has 0 radical (unpaired) electrons. The summed E-state index contributed by atoms with van der Waals surface area (Å²) in [6.07, 6.45) is -2.08. The molecule has 2 aliphatic heterocycles. The number of sulfonamides is 1. The molecule has 7 nitrogen and oxygen atoms in total. The molecule has 2 fully saturated rings. The number of benzene rings is 1. The van der Waals surface area contributed by atoms with Crippen LogP contribution in [0.5, 0.6) is 0 Å². The Kier molecular flexibility index (Phi) is 6.84. The third-order valence-electron chi connectivity index (χ3n) is 4.33. The Labute approximate surface area is 155 Å². The minimum atomic E-state index is -5.08. The zero-order chi connectivity index (χ0) is 20.1. The van der Waals surface area contributed by atoms with E-state index in [1.165, 1.54) is 0 Å². The van der Waals surface area contributed by atoms with Gasteiger partial charge in [-0.25, -0.2) is 17.9 Å². The van der Waals surface area contributed by atoms with Gasteiger partial charge in [-0.2, -0.15) is 13.2 Å². The van der Waals surface area contributed by atoms with Gasteiger partial charge in [0.25, 0.3) is 0 Å². The van der Waals surface area contributed by atoms with E-state index in [1.807, 2.05) is 0 Å². The number of piperidine rings is 1. The standard InChI is InChI=1S/C14H20N2O3S.C2HF3O2/c17-20(18,13-4-2-1-3-5-13)16-11-12-10-14(19-12)6-8-15-9-7-14;3-2(4,5)1(6)7/h1-5,12,15-16H,6-11H2;(H,6,7). The second-order valence-electron chi connectivity index (χ2n) is 6.34. The van der Waals surface area contributed by atoms with E-state index < -0.39 is 22.2 Å². The number of aliphatic carboxylic acids is 1. The van der Waals surface area contributed by atoms with Crippen LogP contribution in [-0.4, -0.2) is 57.0 Å². The number of rotatable bonds is 4. The molecule has 27 heavy (non-hydrogen) atoms. The maximum absolute atomic E-state index is 12.1. The number of alkyl halides is 3. The number of carbonyl (C=O) groups is 1. The lowest BCUT2D eigenvalue weighted by molar-refractivity contribution is -0.213. The number of carboxylic acid groups (broad SMARTS) is 1. The highest BCUT2D eigenvalue weighted by molar-refractivity contribution is 7.89. The molecule has 1 aromatic carbocycles. The summed E-state index contributed by atoms with van der Waals surface area (Å²) in [7, 11) is -3.42. The fourth-order valence-electron chi connectivity index (χ4n) is 2.96.